The number of ketones is 1. The number of benzene rings is 3. The molecule has 1 aromatic heterocycles. The Bertz CT molecular complexity index is 1460. The SMILES string of the molecule is CC(=O)C[C@H](O)C[C@H](C)CCn1c(-c2ccc(F)cc2)c(-c2ccccc2)c(C(=O)Nc2ccccc2)c1C(C)C. The first-order valence-corrected chi connectivity index (χ1v) is 14.3. The van der Waals surface area contributed by atoms with Crippen molar-refractivity contribution in [2.24, 2.45) is 5.92 Å². The average Bonchev–Trinajstić information content (AvgIpc) is 3.28. The van der Waals surface area contributed by atoms with Crippen LogP contribution in [0.5, 0.6) is 0 Å². The molecule has 0 spiro atoms. The molecule has 41 heavy (non-hydrogen) atoms. The van der Waals surface area contributed by atoms with Crippen molar-refractivity contribution < 1.29 is 19.1 Å². The van der Waals surface area contributed by atoms with Crippen LogP contribution in [0.2, 0.25) is 0 Å². The van der Waals surface area contributed by atoms with E-state index in [2.05, 4.69) is 30.7 Å². The van der Waals surface area contributed by atoms with Crippen LogP contribution < -0.4 is 5.32 Å². The Labute approximate surface area is 242 Å². The van der Waals surface area contributed by atoms with Gasteiger partial charge in [0.2, 0.25) is 0 Å². The van der Waals surface area contributed by atoms with Crippen molar-refractivity contribution in [3.05, 3.63) is 102 Å². The number of hydrogen-bond donors (Lipinski definition) is 2. The molecule has 6 heteroatoms. The van der Waals surface area contributed by atoms with Crippen molar-refractivity contribution in [3.63, 3.8) is 0 Å². The highest BCUT2D eigenvalue weighted by atomic mass is 19.1. The summed E-state index contributed by atoms with van der Waals surface area (Å²) in [5, 5.41) is 13.5. The second kappa shape index (κ2) is 13.6. The zero-order valence-corrected chi connectivity index (χ0v) is 24.2. The number of halogens is 1. The van der Waals surface area contributed by atoms with Crippen LogP contribution >= 0.6 is 0 Å². The van der Waals surface area contributed by atoms with Gasteiger partial charge in [-0.15, -0.1) is 0 Å². The normalized spacial score (nSPS) is 12.8. The third-order valence-corrected chi connectivity index (χ3v) is 7.33. The minimum atomic E-state index is -0.680. The molecule has 0 aliphatic rings. The van der Waals surface area contributed by atoms with Crippen molar-refractivity contribution >= 4 is 17.4 Å². The molecule has 0 saturated carbocycles. The summed E-state index contributed by atoms with van der Waals surface area (Å²) in [4.78, 5) is 25.6. The van der Waals surface area contributed by atoms with E-state index in [1.54, 1.807) is 12.1 Å². The smallest absolute Gasteiger partial charge is 0.258 e. The number of aliphatic hydroxyl groups is 1. The first-order valence-electron chi connectivity index (χ1n) is 14.3. The van der Waals surface area contributed by atoms with Crippen LogP contribution in [0.15, 0.2) is 84.9 Å². The lowest BCUT2D eigenvalue weighted by atomic mass is 9.94. The number of carbonyl (C=O) groups excluding carboxylic acids is 2. The molecule has 4 aromatic rings. The average molecular weight is 555 g/mol. The van der Waals surface area contributed by atoms with Crippen LogP contribution in [0, 0.1) is 11.7 Å². The number of aliphatic hydroxyl groups excluding tert-OH is 1. The molecule has 0 saturated heterocycles. The Balaban J connectivity index is 1.89. The molecule has 3 aromatic carbocycles. The van der Waals surface area contributed by atoms with Gasteiger partial charge < -0.3 is 15.0 Å². The van der Waals surface area contributed by atoms with Crippen LogP contribution in [-0.2, 0) is 11.3 Å². The van der Waals surface area contributed by atoms with Gasteiger partial charge in [-0.3, -0.25) is 9.59 Å². The van der Waals surface area contributed by atoms with E-state index in [0.29, 0.717) is 24.2 Å². The van der Waals surface area contributed by atoms with Crippen LogP contribution in [0.4, 0.5) is 10.1 Å². The number of amides is 1. The van der Waals surface area contributed by atoms with Gasteiger partial charge in [-0.05, 0) is 79.1 Å². The van der Waals surface area contributed by atoms with E-state index in [0.717, 1.165) is 34.5 Å². The number of anilines is 1. The van der Waals surface area contributed by atoms with E-state index in [-0.39, 0.29) is 35.8 Å². The molecular formula is C35H39FN2O3. The Kier molecular flexibility index (Phi) is 9.90. The quantitative estimate of drug-likeness (QED) is 0.186. The molecule has 0 radical (unpaired) electrons. The van der Waals surface area contributed by atoms with Gasteiger partial charge in [-0.2, -0.15) is 0 Å². The number of aromatic nitrogens is 1. The van der Waals surface area contributed by atoms with E-state index in [1.807, 2.05) is 60.7 Å². The van der Waals surface area contributed by atoms with E-state index in [1.165, 1.54) is 19.1 Å². The highest BCUT2D eigenvalue weighted by molar-refractivity contribution is 6.12. The number of rotatable bonds is 12. The summed E-state index contributed by atoms with van der Waals surface area (Å²) >= 11 is 0. The summed E-state index contributed by atoms with van der Waals surface area (Å²) in [6.07, 6.45) is 0.705. The highest BCUT2D eigenvalue weighted by Gasteiger charge is 2.30. The maximum Gasteiger partial charge on any atom is 0.258 e. The number of Topliss-reactive ketones (excluding diaryl/α,β-unsaturated/α-hetero) is 1. The van der Waals surface area contributed by atoms with Gasteiger partial charge in [-0.25, -0.2) is 4.39 Å². The Morgan fingerprint density at radius 2 is 1.49 bits per heavy atom. The van der Waals surface area contributed by atoms with Crippen molar-refractivity contribution in [1.82, 2.24) is 4.57 Å². The molecule has 0 aliphatic heterocycles. The van der Waals surface area contributed by atoms with E-state index in [9.17, 15) is 19.1 Å². The van der Waals surface area contributed by atoms with Crippen LogP contribution in [0.3, 0.4) is 0 Å². The number of nitrogens with zero attached hydrogens (tertiary/aromatic N) is 1. The van der Waals surface area contributed by atoms with Crippen LogP contribution in [0.25, 0.3) is 22.4 Å². The van der Waals surface area contributed by atoms with Gasteiger partial charge in [0.15, 0.2) is 0 Å². The zero-order valence-electron chi connectivity index (χ0n) is 24.2. The molecule has 2 atom stereocenters. The molecule has 1 heterocycles. The highest BCUT2D eigenvalue weighted by Crippen LogP contribution is 2.42. The third-order valence-electron chi connectivity index (χ3n) is 7.33. The predicted octanol–water partition coefficient (Wildman–Crippen LogP) is 8.09. The van der Waals surface area contributed by atoms with Crippen molar-refractivity contribution in [2.75, 3.05) is 5.32 Å². The minimum Gasteiger partial charge on any atom is -0.393 e. The first kappa shape index (κ1) is 29.9. The molecule has 2 N–H and O–H groups in total. The minimum absolute atomic E-state index is 0.00166. The molecule has 5 nitrogen and oxygen atoms in total. The van der Waals surface area contributed by atoms with Gasteiger partial charge in [-0.1, -0.05) is 69.3 Å². The zero-order chi connectivity index (χ0) is 29.5. The standard InChI is InChI=1S/C35H39FN2O3/c1-23(2)33-32(35(41)37-29-13-9-6-10-14-29)31(26-11-7-5-8-12-26)34(27-15-17-28(36)18-16-27)38(33)20-19-24(3)21-30(40)22-25(4)39/h5-18,23-24,30,40H,19-22H2,1-4H3,(H,37,41)/t24-,30-/m1/s1. The van der Waals surface area contributed by atoms with Crippen LogP contribution in [-0.4, -0.2) is 27.5 Å². The van der Waals surface area contributed by atoms with Gasteiger partial charge >= 0.3 is 0 Å². The van der Waals surface area contributed by atoms with Crippen LogP contribution in [0.1, 0.15) is 68.9 Å². The van der Waals surface area contributed by atoms with Crippen molar-refractivity contribution in [1.29, 1.82) is 0 Å². The fourth-order valence-corrected chi connectivity index (χ4v) is 5.56. The maximum atomic E-state index is 14.1. The topological polar surface area (TPSA) is 71.3 Å². The monoisotopic (exact) mass is 554 g/mol. The molecule has 4 rings (SSSR count). The molecular weight excluding hydrogens is 515 g/mol. The Hall–Kier alpha value is -4.03. The molecule has 0 aliphatic carbocycles. The summed E-state index contributed by atoms with van der Waals surface area (Å²) in [6.45, 7) is 8.31. The van der Waals surface area contributed by atoms with E-state index in [4.69, 9.17) is 0 Å². The van der Waals surface area contributed by atoms with Gasteiger partial charge in [0.05, 0.1) is 17.4 Å². The second-order valence-corrected chi connectivity index (χ2v) is 11.2. The lowest BCUT2D eigenvalue weighted by Gasteiger charge is -2.20. The lowest BCUT2D eigenvalue weighted by molar-refractivity contribution is -0.119. The predicted molar refractivity (Wildman–Crippen MR) is 163 cm³/mol. The second-order valence-electron chi connectivity index (χ2n) is 11.2. The fraction of sp³-hybridized carbons (Fsp3) is 0.314. The Morgan fingerprint density at radius 1 is 0.878 bits per heavy atom. The summed E-state index contributed by atoms with van der Waals surface area (Å²) in [6, 6.07) is 25.6. The summed E-state index contributed by atoms with van der Waals surface area (Å²) in [5.41, 5.74) is 5.57. The number of hydrogen-bond acceptors (Lipinski definition) is 3. The molecule has 0 unspecified atom stereocenters. The third kappa shape index (κ3) is 7.39. The lowest BCUT2D eigenvalue weighted by Crippen LogP contribution is -2.18. The van der Waals surface area contributed by atoms with E-state index < -0.39 is 6.10 Å². The summed E-state index contributed by atoms with van der Waals surface area (Å²) < 4.78 is 16.3. The first-order chi connectivity index (χ1) is 19.7. The molecule has 214 valence electrons. The number of nitrogens with one attached hydrogen (secondary N) is 1. The number of carbonyl (C=O) groups is 2. The van der Waals surface area contributed by atoms with Crippen molar-refractivity contribution in [3.8, 4) is 22.4 Å². The van der Waals surface area contributed by atoms with Crippen molar-refractivity contribution in [2.45, 2.75) is 65.5 Å². The van der Waals surface area contributed by atoms with Gasteiger partial charge in [0.25, 0.3) is 5.91 Å². The van der Waals surface area contributed by atoms with Gasteiger partial charge in [0, 0.05) is 29.9 Å². The largest absolute Gasteiger partial charge is 0.393 e. The number of para-hydroxylation sites is 1. The maximum absolute atomic E-state index is 14.1. The van der Waals surface area contributed by atoms with E-state index >= 15 is 0 Å². The molecule has 0 bridgehead atoms. The Morgan fingerprint density at radius 3 is 2.07 bits per heavy atom. The fourth-order valence-electron chi connectivity index (χ4n) is 5.56. The molecule has 0 fully saturated rings. The summed E-state index contributed by atoms with van der Waals surface area (Å²) in [7, 11) is 0. The van der Waals surface area contributed by atoms with Gasteiger partial charge in [0.1, 0.15) is 11.6 Å². The molecule has 1 amide bonds. The summed E-state index contributed by atoms with van der Waals surface area (Å²) in [5.74, 6) is -0.424.